The van der Waals surface area contributed by atoms with Crippen LogP contribution in [0.1, 0.15) is 26.6 Å². The van der Waals surface area contributed by atoms with E-state index in [2.05, 4.69) is 26.1 Å². The van der Waals surface area contributed by atoms with Crippen molar-refractivity contribution in [3.05, 3.63) is 54.4 Å². The Morgan fingerprint density at radius 1 is 1.12 bits per heavy atom. The van der Waals surface area contributed by atoms with E-state index in [-0.39, 0.29) is 17.9 Å². The molecule has 0 radical (unpaired) electrons. The number of carbonyl (C=O) groups is 1. The molecule has 0 spiro atoms. The second kappa shape index (κ2) is 6.59. The minimum Gasteiger partial charge on any atom is -0.495 e. The number of anilines is 1. The average molecular weight is 337 g/mol. The highest BCUT2D eigenvalue weighted by molar-refractivity contribution is 5.93. The Morgan fingerprint density at radius 3 is 2.52 bits per heavy atom. The van der Waals surface area contributed by atoms with Crippen LogP contribution in [0.2, 0.25) is 0 Å². The van der Waals surface area contributed by atoms with Crippen molar-refractivity contribution in [2.75, 3.05) is 12.4 Å². The molecule has 1 aromatic heterocycles. The van der Waals surface area contributed by atoms with Crippen LogP contribution in [-0.2, 0) is 16.8 Å². The number of fused-ring (bicyclic) bond motifs is 1. The molecule has 0 bridgehead atoms. The van der Waals surface area contributed by atoms with Gasteiger partial charge in [-0.3, -0.25) is 4.79 Å². The normalized spacial score (nSPS) is 11.5. The number of amides is 1. The van der Waals surface area contributed by atoms with Crippen molar-refractivity contribution < 1.29 is 9.53 Å². The topological polar surface area (TPSA) is 56.1 Å². The van der Waals surface area contributed by atoms with Crippen LogP contribution in [-0.4, -0.2) is 22.6 Å². The predicted octanol–water partition coefficient (Wildman–Crippen LogP) is 3.98. The maximum Gasteiger partial charge on any atom is 0.244 e. The molecular formula is C20H23N3O2. The first-order valence-electron chi connectivity index (χ1n) is 8.29. The molecule has 130 valence electrons. The van der Waals surface area contributed by atoms with Gasteiger partial charge in [-0.25, -0.2) is 4.98 Å². The molecule has 25 heavy (non-hydrogen) atoms. The molecule has 3 aromatic rings. The molecule has 1 N–H and O–H groups in total. The van der Waals surface area contributed by atoms with Crippen LogP contribution in [0.25, 0.3) is 11.0 Å². The van der Waals surface area contributed by atoms with E-state index in [1.54, 1.807) is 7.11 Å². The number of rotatable bonds is 4. The lowest BCUT2D eigenvalue weighted by Gasteiger charge is -2.20. The number of hydrogen-bond acceptors (Lipinski definition) is 3. The van der Waals surface area contributed by atoms with Gasteiger partial charge in [0.1, 0.15) is 18.1 Å². The highest BCUT2D eigenvalue weighted by Crippen LogP contribution is 2.27. The number of para-hydroxylation sites is 4. The Bertz CT molecular complexity index is 907. The average Bonchev–Trinajstić information content (AvgIpc) is 2.94. The zero-order chi connectivity index (χ0) is 18.0. The Balaban J connectivity index is 1.93. The summed E-state index contributed by atoms with van der Waals surface area (Å²) in [4.78, 5) is 17.4. The summed E-state index contributed by atoms with van der Waals surface area (Å²) in [6, 6.07) is 15.3. The molecule has 1 heterocycles. The summed E-state index contributed by atoms with van der Waals surface area (Å²) in [6.45, 7) is 6.50. The Morgan fingerprint density at radius 2 is 1.80 bits per heavy atom. The summed E-state index contributed by atoms with van der Waals surface area (Å²) in [6.07, 6.45) is 0. The van der Waals surface area contributed by atoms with Gasteiger partial charge < -0.3 is 14.6 Å². The first-order chi connectivity index (χ1) is 11.9. The molecule has 1 amide bonds. The standard InChI is InChI=1S/C20H23N3O2/c1-20(2,3)19-22-14-9-5-7-11-16(14)23(19)13-18(24)21-15-10-6-8-12-17(15)25-4/h5-12H,13H2,1-4H3,(H,21,24). The number of ether oxygens (including phenoxy) is 1. The molecule has 0 aliphatic heterocycles. The summed E-state index contributed by atoms with van der Waals surface area (Å²) in [5, 5.41) is 2.93. The maximum absolute atomic E-state index is 12.7. The molecular weight excluding hydrogens is 314 g/mol. The van der Waals surface area contributed by atoms with Crippen molar-refractivity contribution in [3.63, 3.8) is 0 Å². The number of hydrogen-bond donors (Lipinski definition) is 1. The van der Waals surface area contributed by atoms with Gasteiger partial charge in [0.05, 0.1) is 23.8 Å². The van der Waals surface area contributed by atoms with Crippen molar-refractivity contribution in [2.45, 2.75) is 32.7 Å². The van der Waals surface area contributed by atoms with Crippen molar-refractivity contribution in [3.8, 4) is 5.75 Å². The molecule has 0 aliphatic rings. The molecule has 5 nitrogen and oxygen atoms in total. The largest absolute Gasteiger partial charge is 0.495 e. The third-order valence-electron chi connectivity index (χ3n) is 4.01. The van der Waals surface area contributed by atoms with E-state index in [0.717, 1.165) is 16.9 Å². The van der Waals surface area contributed by atoms with E-state index in [1.165, 1.54) is 0 Å². The molecule has 0 saturated carbocycles. The third kappa shape index (κ3) is 3.50. The van der Waals surface area contributed by atoms with E-state index in [4.69, 9.17) is 9.72 Å². The van der Waals surface area contributed by atoms with Gasteiger partial charge in [-0.2, -0.15) is 0 Å². The minimum absolute atomic E-state index is 0.113. The Hall–Kier alpha value is -2.82. The van der Waals surface area contributed by atoms with E-state index >= 15 is 0 Å². The van der Waals surface area contributed by atoms with E-state index < -0.39 is 0 Å². The van der Waals surface area contributed by atoms with Gasteiger partial charge in [0, 0.05) is 5.41 Å². The van der Waals surface area contributed by atoms with Gasteiger partial charge in [0.25, 0.3) is 0 Å². The van der Waals surface area contributed by atoms with Crippen LogP contribution in [0.3, 0.4) is 0 Å². The smallest absolute Gasteiger partial charge is 0.244 e. The first-order valence-corrected chi connectivity index (χ1v) is 8.29. The van der Waals surface area contributed by atoms with Gasteiger partial charge in [-0.05, 0) is 24.3 Å². The summed E-state index contributed by atoms with van der Waals surface area (Å²) in [5.41, 5.74) is 2.36. The lowest BCUT2D eigenvalue weighted by Crippen LogP contribution is -2.25. The van der Waals surface area contributed by atoms with Crippen LogP contribution in [0.15, 0.2) is 48.5 Å². The van der Waals surface area contributed by atoms with Gasteiger partial charge in [-0.1, -0.05) is 45.0 Å². The van der Waals surface area contributed by atoms with Crippen LogP contribution < -0.4 is 10.1 Å². The lowest BCUT2D eigenvalue weighted by molar-refractivity contribution is -0.116. The van der Waals surface area contributed by atoms with Gasteiger partial charge >= 0.3 is 0 Å². The molecule has 2 aromatic carbocycles. The van der Waals surface area contributed by atoms with E-state index in [0.29, 0.717) is 11.4 Å². The summed E-state index contributed by atoms with van der Waals surface area (Å²) >= 11 is 0. The minimum atomic E-state index is -0.163. The predicted molar refractivity (Wildman–Crippen MR) is 100 cm³/mol. The highest BCUT2D eigenvalue weighted by Gasteiger charge is 2.24. The number of aromatic nitrogens is 2. The molecule has 0 aliphatic carbocycles. The summed E-state index contributed by atoms with van der Waals surface area (Å²) in [7, 11) is 1.59. The van der Waals surface area contributed by atoms with Crippen molar-refractivity contribution in [1.29, 1.82) is 0 Å². The number of carbonyl (C=O) groups excluding carboxylic acids is 1. The van der Waals surface area contributed by atoms with Crippen molar-refractivity contribution >= 4 is 22.6 Å². The number of methoxy groups -OCH3 is 1. The van der Waals surface area contributed by atoms with E-state index in [1.807, 2.05) is 53.1 Å². The number of benzene rings is 2. The zero-order valence-electron chi connectivity index (χ0n) is 15.0. The summed E-state index contributed by atoms with van der Waals surface area (Å²) in [5.74, 6) is 1.42. The zero-order valence-corrected chi connectivity index (χ0v) is 15.0. The summed E-state index contributed by atoms with van der Waals surface area (Å²) < 4.78 is 7.28. The number of nitrogens with zero attached hydrogens (tertiary/aromatic N) is 2. The fourth-order valence-corrected chi connectivity index (χ4v) is 2.89. The SMILES string of the molecule is COc1ccccc1NC(=O)Cn1c(C(C)(C)C)nc2ccccc21. The van der Waals surface area contributed by atoms with Gasteiger partial charge in [0.2, 0.25) is 5.91 Å². The van der Waals surface area contributed by atoms with Crippen molar-refractivity contribution in [2.24, 2.45) is 0 Å². The van der Waals surface area contributed by atoms with Gasteiger partial charge in [0.15, 0.2) is 0 Å². The quantitative estimate of drug-likeness (QED) is 0.783. The van der Waals surface area contributed by atoms with Crippen LogP contribution in [0.4, 0.5) is 5.69 Å². The number of nitrogens with one attached hydrogen (secondary N) is 1. The lowest BCUT2D eigenvalue weighted by atomic mass is 9.95. The Kier molecular flexibility index (Phi) is 4.49. The van der Waals surface area contributed by atoms with Crippen LogP contribution in [0, 0.1) is 0 Å². The molecule has 3 rings (SSSR count). The number of imidazole rings is 1. The Labute approximate surface area is 147 Å². The molecule has 0 saturated heterocycles. The first kappa shape index (κ1) is 17.0. The molecule has 5 heteroatoms. The highest BCUT2D eigenvalue weighted by atomic mass is 16.5. The maximum atomic E-state index is 12.7. The second-order valence-electron chi connectivity index (χ2n) is 7.01. The third-order valence-corrected chi connectivity index (χ3v) is 4.01. The molecule has 0 unspecified atom stereocenters. The van der Waals surface area contributed by atoms with Crippen molar-refractivity contribution in [1.82, 2.24) is 9.55 Å². The monoisotopic (exact) mass is 337 g/mol. The molecule has 0 fully saturated rings. The van der Waals surface area contributed by atoms with Crippen LogP contribution in [0.5, 0.6) is 5.75 Å². The van der Waals surface area contributed by atoms with Crippen LogP contribution >= 0.6 is 0 Å². The molecule has 0 atom stereocenters. The van der Waals surface area contributed by atoms with Gasteiger partial charge in [-0.15, -0.1) is 0 Å². The fraction of sp³-hybridized carbons (Fsp3) is 0.300. The fourth-order valence-electron chi connectivity index (χ4n) is 2.89. The van der Waals surface area contributed by atoms with E-state index in [9.17, 15) is 4.79 Å². The second-order valence-corrected chi connectivity index (χ2v) is 7.01.